The summed E-state index contributed by atoms with van der Waals surface area (Å²) in [5.74, 6) is -0.0118. The fourth-order valence-electron chi connectivity index (χ4n) is 1.26. The van der Waals surface area contributed by atoms with Crippen molar-refractivity contribution in [3.8, 4) is 11.5 Å². The first-order chi connectivity index (χ1) is 7.52. The number of carbonyl (C=O) groups is 1. The number of methoxy groups -OCH3 is 2. The average Bonchev–Trinajstić information content (AvgIpc) is 2.26. The van der Waals surface area contributed by atoms with Crippen molar-refractivity contribution < 1.29 is 19.2 Å². The molecule has 0 aliphatic heterocycles. The number of ether oxygens (including phenoxy) is 2. The van der Waals surface area contributed by atoms with Gasteiger partial charge in [0, 0.05) is 0 Å². The van der Waals surface area contributed by atoms with Gasteiger partial charge in [0.25, 0.3) is 5.24 Å². The van der Waals surface area contributed by atoms with Crippen molar-refractivity contribution >= 4 is 22.5 Å². The summed E-state index contributed by atoms with van der Waals surface area (Å²) in [7, 11) is 2.55. The van der Waals surface area contributed by atoms with Crippen molar-refractivity contribution in [2.75, 3.05) is 14.2 Å². The second kappa shape index (κ2) is 4.80. The summed E-state index contributed by atoms with van der Waals surface area (Å²) >= 11 is 5.29. The third-order valence-electron chi connectivity index (χ3n) is 1.92. The Bertz CT molecular complexity index is 405. The van der Waals surface area contributed by atoms with Crippen LogP contribution in [0.3, 0.4) is 0 Å². The molecular weight excluding hydrogens is 238 g/mol. The van der Waals surface area contributed by atoms with Crippen LogP contribution in [-0.4, -0.2) is 24.4 Å². The predicted molar refractivity (Wildman–Crippen MR) is 56.4 cm³/mol. The van der Waals surface area contributed by atoms with Crippen molar-refractivity contribution in [2.24, 2.45) is 0 Å². The largest absolute Gasteiger partial charge is 0.496 e. The maximum absolute atomic E-state index is 11.1. The van der Waals surface area contributed by atoms with E-state index in [2.05, 4.69) is 0 Å². The minimum absolute atomic E-state index is 0.0347. The molecular formula is C9H8ClNO5. The Kier molecular flexibility index (Phi) is 3.68. The Morgan fingerprint density at radius 3 is 2.19 bits per heavy atom. The number of hydrogen-bond donors (Lipinski definition) is 0. The van der Waals surface area contributed by atoms with Gasteiger partial charge >= 0.3 is 5.69 Å². The Morgan fingerprint density at radius 1 is 1.31 bits per heavy atom. The maximum Gasteiger partial charge on any atom is 0.326 e. The fourth-order valence-corrected chi connectivity index (χ4v) is 1.44. The zero-order chi connectivity index (χ0) is 12.3. The molecule has 1 rings (SSSR count). The molecule has 0 saturated heterocycles. The molecule has 0 unspecified atom stereocenters. The van der Waals surface area contributed by atoms with E-state index in [0.717, 1.165) is 0 Å². The molecule has 0 amide bonds. The quantitative estimate of drug-likeness (QED) is 0.460. The minimum Gasteiger partial charge on any atom is -0.496 e. The van der Waals surface area contributed by atoms with Crippen molar-refractivity contribution in [1.29, 1.82) is 0 Å². The van der Waals surface area contributed by atoms with Gasteiger partial charge in [0.2, 0.25) is 0 Å². The van der Waals surface area contributed by atoms with E-state index < -0.39 is 15.9 Å². The molecule has 0 N–H and O–H groups in total. The average molecular weight is 246 g/mol. The Morgan fingerprint density at radius 2 is 1.81 bits per heavy atom. The molecule has 1 aromatic carbocycles. The molecule has 0 bridgehead atoms. The molecule has 0 radical (unpaired) electrons. The third-order valence-corrected chi connectivity index (χ3v) is 2.11. The molecule has 0 fully saturated rings. The van der Waals surface area contributed by atoms with Gasteiger partial charge in [-0.3, -0.25) is 14.9 Å². The first kappa shape index (κ1) is 12.3. The standard InChI is InChI=1S/C9H8ClNO5/c1-15-5-3-4-6(16-2)8(11(13)14)7(5)9(10)12/h3-4H,1-2H3. The van der Waals surface area contributed by atoms with Crippen molar-refractivity contribution in [3.63, 3.8) is 0 Å². The van der Waals surface area contributed by atoms with E-state index in [0.29, 0.717) is 0 Å². The highest BCUT2D eigenvalue weighted by Crippen LogP contribution is 2.37. The van der Waals surface area contributed by atoms with E-state index in [9.17, 15) is 14.9 Å². The molecule has 0 aliphatic carbocycles. The Balaban J connectivity index is 3.60. The normalized spacial score (nSPS) is 9.69. The number of carbonyl (C=O) groups excluding carboxylic acids is 1. The number of nitro benzene ring substituents is 1. The van der Waals surface area contributed by atoms with Gasteiger partial charge in [-0.15, -0.1) is 0 Å². The highest BCUT2D eigenvalue weighted by atomic mass is 35.5. The zero-order valence-corrected chi connectivity index (χ0v) is 9.28. The summed E-state index contributed by atoms with van der Waals surface area (Å²) in [6.07, 6.45) is 0. The lowest BCUT2D eigenvalue weighted by Gasteiger charge is -2.08. The summed E-state index contributed by atoms with van der Waals surface area (Å²) in [5.41, 5.74) is -0.810. The lowest BCUT2D eigenvalue weighted by molar-refractivity contribution is -0.386. The number of hydrogen-bond acceptors (Lipinski definition) is 5. The van der Waals surface area contributed by atoms with Crippen LogP contribution < -0.4 is 9.47 Å². The Labute approximate surface area is 95.9 Å². The van der Waals surface area contributed by atoms with Crippen LogP contribution in [0.5, 0.6) is 11.5 Å². The van der Waals surface area contributed by atoms with Gasteiger partial charge < -0.3 is 9.47 Å². The minimum atomic E-state index is -0.970. The number of halogens is 1. The zero-order valence-electron chi connectivity index (χ0n) is 8.52. The summed E-state index contributed by atoms with van der Waals surface area (Å²) in [5, 5.41) is 9.86. The summed E-state index contributed by atoms with van der Waals surface area (Å²) in [6.45, 7) is 0. The van der Waals surface area contributed by atoms with Crippen LogP contribution in [0.15, 0.2) is 12.1 Å². The van der Waals surface area contributed by atoms with Crippen LogP contribution in [-0.2, 0) is 0 Å². The molecule has 0 saturated carbocycles. The fraction of sp³-hybridized carbons (Fsp3) is 0.222. The molecule has 1 aromatic rings. The van der Waals surface area contributed by atoms with E-state index in [1.165, 1.54) is 26.4 Å². The predicted octanol–water partition coefficient (Wildman–Crippen LogP) is 1.99. The first-order valence-corrected chi connectivity index (χ1v) is 4.50. The lowest BCUT2D eigenvalue weighted by Crippen LogP contribution is -2.04. The Hall–Kier alpha value is -1.82. The second-order valence-corrected chi connectivity index (χ2v) is 3.07. The van der Waals surface area contributed by atoms with Crippen LogP contribution in [0.2, 0.25) is 0 Å². The van der Waals surface area contributed by atoms with Gasteiger partial charge in [-0.2, -0.15) is 0 Å². The molecule has 16 heavy (non-hydrogen) atoms. The summed E-state index contributed by atoms with van der Waals surface area (Å²) < 4.78 is 9.62. The SMILES string of the molecule is COc1ccc(OC)c([N+](=O)[O-])c1C(=O)Cl. The van der Waals surface area contributed by atoms with Crippen molar-refractivity contribution in [2.45, 2.75) is 0 Å². The van der Waals surface area contributed by atoms with E-state index in [-0.39, 0.29) is 17.1 Å². The molecule has 0 aliphatic rings. The molecule has 7 heteroatoms. The van der Waals surface area contributed by atoms with Gasteiger partial charge in [-0.25, -0.2) is 0 Å². The van der Waals surface area contributed by atoms with Crippen molar-refractivity contribution in [3.05, 3.63) is 27.8 Å². The summed E-state index contributed by atoms with van der Waals surface area (Å²) in [4.78, 5) is 21.2. The number of nitro groups is 1. The van der Waals surface area contributed by atoms with Crippen LogP contribution in [0.1, 0.15) is 10.4 Å². The van der Waals surface area contributed by atoms with Gasteiger partial charge in [0.1, 0.15) is 5.75 Å². The first-order valence-electron chi connectivity index (χ1n) is 4.12. The van der Waals surface area contributed by atoms with E-state index in [1.54, 1.807) is 0 Å². The van der Waals surface area contributed by atoms with Crippen molar-refractivity contribution in [1.82, 2.24) is 0 Å². The smallest absolute Gasteiger partial charge is 0.326 e. The van der Waals surface area contributed by atoms with Gasteiger partial charge in [0.05, 0.1) is 19.1 Å². The third kappa shape index (κ3) is 2.06. The molecule has 6 nitrogen and oxygen atoms in total. The molecule has 86 valence electrons. The topological polar surface area (TPSA) is 78.7 Å². The molecule has 0 atom stereocenters. The second-order valence-electron chi connectivity index (χ2n) is 2.72. The number of rotatable bonds is 4. The van der Waals surface area contributed by atoms with E-state index in [4.69, 9.17) is 21.1 Å². The van der Waals surface area contributed by atoms with Gasteiger partial charge in [-0.1, -0.05) is 0 Å². The van der Waals surface area contributed by atoms with Gasteiger partial charge in [0.15, 0.2) is 11.3 Å². The summed E-state index contributed by atoms with van der Waals surface area (Å²) in [6, 6.07) is 2.71. The lowest BCUT2D eigenvalue weighted by atomic mass is 10.1. The van der Waals surface area contributed by atoms with Crippen LogP contribution in [0.4, 0.5) is 5.69 Å². The number of nitrogens with zero attached hydrogens (tertiary/aromatic N) is 1. The van der Waals surface area contributed by atoms with Crippen LogP contribution >= 0.6 is 11.6 Å². The van der Waals surface area contributed by atoms with Crippen LogP contribution in [0.25, 0.3) is 0 Å². The highest BCUT2D eigenvalue weighted by molar-refractivity contribution is 6.68. The molecule has 0 heterocycles. The molecule has 0 aromatic heterocycles. The maximum atomic E-state index is 11.1. The van der Waals surface area contributed by atoms with Gasteiger partial charge in [-0.05, 0) is 23.7 Å². The van der Waals surface area contributed by atoms with E-state index >= 15 is 0 Å². The van der Waals surface area contributed by atoms with E-state index in [1.807, 2.05) is 0 Å². The monoisotopic (exact) mass is 245 g/mol. The number of benzene rings is 1. The highest BCUT2D eigenvalue weighted by Gasteiger charge is 2.28. The molecule has 0 spiro atoms. The van der Waals surface area contributed by atoms with Crippen LogP contribution in [0, 0.1) is 10.1 Å².